The monoisotopic (exact) mass is 201 g/mol. The lowest BCUT2D eigenvalue weighted by atomic mass is 10.2. The third kappa shape index (κ3) is 1.81. The summed E-state index contributed by atoms with van der Waals surface area (Å²) in [6, 6.07) is 10.2. The van der Waals surface area contributed by atoms with E-state index in [4.69, 9.17) is 0 Å². The maximum absolute atomic E-state index is 9.28. The van der Waals surface area contributed by atoms with Crippen LogP contribution in [0.3, 0.4) is 0 Å². The van der Waals surface area contributed by atoms with Gasteiger partial charge in [-0.05, 0) is 24.4 Å². The highest BCUT2D eigenvalue weighted by molar-refractivity contribution is 5.81. The van der Waals surface area contributed by atoms with Crippen LogP contribution in [0.2, 0.25) is 0 Å². The van der Waals surface area contributed by atoms with Crippen molar-refractivity contribution in [3.63, 3.8) is 0 Å². The number of benzene rings is 1. The molecule has 2 heteroatoms. The Morgan fingerprint density at radius 1 is 1.40 bits per heavy atom. The molecule has 0 aliphatic carbocycles. The molecule has 15 heavy (non-hydrogen) atoms. The summed E-state index contributed by atoms with van der Waals surface area (Å²) in [7, 11) is 0. The Kier molecular flexibility index (Phi) is 2.60. The summed E-state index contributed by atoms with van der Waals surface area (Å²) in [5, 5.41) is 10.5. The molecule has 0 saturated heterocycles. The fraction of sp³-hybridized carbons (Fsp3) is 0.231. The molecule has 0 spiro atoms. The molecule has 0 amide bonds. The van der Waals surface area contributed by atoms with Crippen LogP contribution in [-0.4, -0.2) is 9.67 Å². The largest absolute Gasteiger partial charge is 0.390 e. The molecule has 0 fully saturated rings. The van der Waals surface area contributed by atoms with Crippen molar-refractivity contribution in [3.8, 4) is 0 Å². The Morgan fingerprint density at radius 3 is 2.80 bits per heavy atom. The van der Waals surface area contributed by atoms with Gasteiger partial charge in [0, 0.05) is 17.8 Å². The molecule has 2 nitrogen and oxygen atoms in total. The SMILES string of the molecule is C=C(C)Cn1c(CO)cc2ccccc21. The summed E-state index contributed by atoms with van der Waals surface area (Å²) in [5.41, 5.74) is 3.19. The average Bonchev–Trinajstić information content (AvgIpc) is 2.56. The number of aliphatic hydroxyl groups is 1. The Morgan fingerprint density at radius 2 is 2.13 bits per heavy atom. The highest BCUT2D eigenvalue weighted by atomic mass is 16.3. The van der Waals surface area contributed by atoms with Crippen LogP contribution in [-0.2, 0) is 13.2 Å². The van der Waals surface area contributed by atoms with E-state index in [0.717, 1.165) is 23.3 Å². The molecule has 2 aromatic rings. The molecule has 1 heterocycles. The van der Waals surface area contributed by atoms with E-state index in [-0.39, 0.29) is 6.61 Å². The average molecular weight is 201 g/mol. The van der Waals surface area contributed by atoms with E-state index in [0.29, 0.717) is 0 Å². The molecule has 78 valence electrons. The third-order valence-corrected chi connectivity index (χ3v) is 2.49. The molecule has 1 N–H and O–H groups in total. The van der Waals surface area contributed by atoms with Crippen LogP contribution in [0.4, 0.5) is 0 Å². The van der Waals surface area contributed by atoms with Crippen molar-refractivity contribution in [2.75, 3.05) is 0 Å². The Labute approximate surface area is 89.5 Å². The van der Waals surface area contributed by atoms with E-state index in [1.807, 2.05) is 25.1 Å². The maximum Gasteiger partial charge on any atom is 0.0833 e. The minimum atomic E-state index is 0.0714. The van der Waals surface area contributed by atoms with Gasteiger partial charge in [0.2, 0.25) is 0 Å². The van der Waals surface area contributed by atoms with E-state index >= 15 is 0 Å². The molecular weight excluding hydrogens is 186 g/mol. The zero-order valence-corrected chi connectivity index (χ0v) is 8.90. The van der Waals surface area contributed by atoms with Gasteiger partial charge >= 0.3 is 0 Å². The van der Waals surface area contributed by atoms with Crippen molar-refractivity contribution in [2.45, 2.75) is 20.1 Å². The lowest BCUT2D eigenvalue weighted by molar-refractivity contribution is 0.272. The van der Waals surface area contributed by atoms with Gasteiger partial charge in [-0.1, -0.05) is 30.4 Å². The number of allylic oxidation sites excluding steroid dienone is 1. The summed E-state index contributed by atoms with van der Waals surface area (Å²) in [6.45, 7) is 6.74. The second-order valence-corrected chi connectivity index (χ2v) is 3.90. The van der Waals surface area contributed by atoms with Gasteiger partial charge in [-0.25, -0.2) is 0 Å². The van der Waals surface area contributed by atoms with Crippen molar-refractivity contribution in [1.29, 1.82) is 0 Å². The molecule has 0 saturated carbocycles. The van der Waals surface area contributed by atoms with Gasteiger partial charge in [-0.2, -0.15) is 0 Å². The van der Waals surface area contributed by atoms with Crippen molar-refractivity contribution in [3.05, 3.63) is 48.2 Å². The maximum atomic E-state index is 9.28. The predicted molar refractivity (Wildman–Crippen MR) is 62.7 cm³/mol. The van der Waals surface area contributed by atoms with E-state index in [2.05, 4.69) is 23.3 Å². The molecule has 0 radical (unpaired) electrons. The first kappa shape index (κ1) is 9.99. The topological polar surface area (TPSA) is 25.2 Å². The number of nitrogens with zero attached hydrogens (tertiary/aromatic N) is 1. The second kappa shape index (κ2) is 3.91. The molecule has 0 aliphatic heterocycles. The highest BCUT2D eigenvalue weighted by Crippen LogP contribution is 2.20. The minimum Gasteiger partial charge on any atom is -0.390 e. The number of hydrogen-bond donors (Lipinski definition) is 1. The fourth-order valence-corrected chi connectivity index (χ4v) is 1.86. The molecule has 1 aromatic heterocycles. The van der Waals surface area contributed by atoms with E-state index in [1.165, 1.54) is 5.39 Å². The first-order valence-corrected chi connectivity index (χ1v) is 5.05. The van der Waals surface area contributed by atoms with Crippen LogP contribution in [0.25, 0.3) is 10.9 Å². The molecular formula is C13H15NO. The van der Waals surface area contributed by atoms with Crippen LogP contribution in [0.15, 0.2) is 42.5 Å². The van der Waals surface area contributed by atoms with Gasteiger partial charge in [0.15, 0.2) is 0 Å². The Bertz CT molecular complexity index is 496. The summed E-state index contributed by atoms with van der Waals surface area (Å²) < 4.78 is 2.11. The molecule has 2 rings (SSSR count). The van der Waals surface area contributed by atoms with Gasteiger partial charge < -0.3 is 9.67 Å². The molecule has 1 aromatic carbocycles. The molecule has 0 aliphatic rings. The Hall–Kier alpha value is -1.54. The van der Waals surface area contributed by atoms with Crippen LogP contribution in [0, 0.1) is 0 Å². The lowest BCUT2D eigenvalue weighted by Gasteiger charge is -2.08. The zero-order valence-electron chi connectivity index (χ0n) is 8.90. The second-order valence-electron chi connectivity index (χ2n) is 3.90. The summed E-state index contributed by atoms with van der Waals surface area (Å²) in [4.78, 5) is 0. The lowest BCUT2D eigenvalue weighted by Crippen LogP contribution is -2.03. The molecule has 0 unspecified atom stereocenters. The van der Waals surface area contributed by atoms with Gasteiger partial charge in [0.05, 0.1) is 6.61 Å². The van der Waals surface area contributed by atoms with Crippen molar-refractivity contribution < 1.29 is 5.11 Å². The number of fused-ring (bicyclic) bond motifs is 1. The number of aromatic nitrogens is 1. The van der Waals surface area contributed by atoms with Crippen molar-refractivity contribution >= 4 is 10.9 Å². The van der Waals surface area contributed by atoms with Crippen molar-refractivity contribution in [1.82, 2.24) is 4.57 Å². The smallest absolute Gasteiger partial charge is 0.0833 e. The zero-order chi connectivity index (χ0) is 10.8. The van der Waals surface area contributed by atoms with Crippen LogP contribution < -0.4 is 0 Å². The number of aliphatic hydroxyl groups excluding tert-OH is 1. The van der Waals surface area contributed by atoms with E-state index < -0.39 is 0 Å². The van der Waals surface area contributed by atoms with Crippen LogP contribution in [0.5, 0.6) is 0 Å². The van der Waals surface area contributed by atoms with Crippen LogP contribution in [0.1, 0.15) is 12.6 Å². The summed E-state index contributed by atoms with van der Waals surface area (Å²) >= 11 is 0. The quantitative estimate of drug-likeness (QED) is 0.759. The standard InChI is InChI=1S/C13H15NO/c1-10(2)8-14-12(9-15)7-11-5-3-4-6-13(11)14/h3-7,15H,1,8-9H2,2H3. The minimum absolute atomic E-state index is 0.0714. The molecule has 0 bridgehead atoms. The Balaban J connectivity index is 2.61. The first-order chi connectivity index (χ1) is 7.22. The van der Waals surface area contributed by atoms with Crippen molar-refractivity contribution in [2.24, 2.45) is 0 Å². The number of para-hydroxylation sites is 1. The fourth-order valence-electron chi connectivity index (χ4n) is 1.86. The number of hydrogen-bond acceptors (Lipinski definition) is 1. The van der Waals surface area contributed by atoms with Crippen LogP contribution >= 0.6 is 0 Å². The van der Waals surface area contributed by atoms with E-state index in [9.17, 15) is 5.11 Å². The van der Waals surface area contributed by atoms with E-state index in [1.54, 1.807) is 0 Å². The van der Waals surface area contributed by atoms with Gasteiger partial charge in [-0.15, -0.1) is 0 Å². The predicted octanol–water partition coefficient (Wildman–Crippen LogP) is 2.71. The summed E-state index contributed by atoms with van der Waals surface area (Å²) in [5.74, 6) is 0. The number of rotatable bonds is 3. The van der Waals surface area contributed by atoms with Gasteiger partial charge in [0.1, 0.15) is 0 Å². The highest BCUT2D eigenvalue weighted by Gasteiger charge is 2.06. The first-order valence-electron chi connectivity index (χ1n) is 5.05. The molecule has 0 atom stereocenters. The van der Waals surface area contributed by atoms with Gasteiger partial charge in [0.25, 0.3) is 0 Å². The normalized spacial score (nSPS) is 10.8. The third-order valence-electron chi connectivity index (χ3n) is 2.49. The summed E-state index contributed by atoms with van der Waals surface area (Å²) in [6.07, 6.45) is 0. The van der Waals surface area contributed by atoms with Gasteiger partial charge in [-0.3, -0.25) is 0 Å².